The fourth-order valence-electron chi connectivity index (χ4n) is 3.00. The summed E-state index contributed by atoms with van der Waals surface area (Å²) >= 11 is 0. The predicted octanol–water partition coefficient (Wildman–Crippen LogP) is 1.65. The van der Waals surface area contributed by atoms with Crippen molar-refractivity contribution in [2.24, 2.45) is 0 Å². The molecule has 1 atom stereocenters. The first-order chi connectivity index (χ1) is 10.2. The van der Waals surface area contributed by atoms with Crippen LogP contribution >= 0.6 is 0 Å². The van der Waals surface area contributed by atoms with E-state index < -0.39 is 0 Å². The standard InChI is InChI=1S/C16H21FN2O2/c17-14-4-1-3-13(11-14)12-18-6-8-19(9-7-18)16(20)15-5-2-10-21-15/h1,3-4,11,15H,2,5-10,12H2. The highest BCUT2D eigenvalue weighted by Gasteiger charge is 2.30. The summed E-state index contributed by atoms with van der Waals surface area (Å²) in [5.74, 6) is -0.0578. The third-order valence-electron chi connectivity index (χ3n) is 4.18. The average Bonchev–Trinajstić information content (AvgIpc) is 3.01. The van der Waals surface area contributed by atoms with Crippen molar-refractivity contribution in [3.05, 3.63) is 35.6 Å². The quantitative estimate of drug-likeness (QED) is 0.849. The third-order valence-corrected chi connectivity index (χ3v) is 4.18. The number of amides is 1. The van der Waals surface area contributed by atoms with Crippen molar-refractivity contribution in [3.8, 4) is 0 Å². The van der Waals surface area contributed by atoms with E-state index in [4.69, 9.17) is 4.74 Å². The molecule has 0 bridgehead atoms. The summed E-state index contributed by atoms with van der Waals surface area (Å²) in [4.78, 5) is 16.4. The summed E-state index contributed by atoms with van der Waals surface area (Å²) < 4.78 is 18.6. The maximum atomic E-state index is 13.2. The van der Waals surface area contributed by atoms with E-state index in [-0.39, 0.29) is 17.8 Å². The highest BCUT2D eigenvalue weighted by molar-refractivity contribution is 5.81. The van der Waals surface area contributed by atoms with Gasteiger partial charge in [0.05, 0.1) is 0 Å². The normalized spacial score (nSPS) is 23.5. The molecule has 0 radical (unpaired) electrons. The van der Waals surface area contributed by atoms with Crippen LogP contribution in [0.5, 0.6) is 0 Å². The van der Waals surface area contributed by atoms with Gasteiger partial charge in [-0.2, -0.15) is 0 Å². The molecule has 0 aromatic heterocycles. The molecule has 1 amide bonds. The van der Waals surface area contributed by atoms with Gasteiger partial charge in [0.25, 0.3) is 5.91 Å². The molecule has 2 aliphatic heterocycles. The molecule has 1 unspecified atom stereocenters. The highest BCUT2D eigenvalue weighted by atomic mass is 19.1. The maximum absolute atomic E-state index is 13.2. The number of benzene rings is 1. The molecular weight excluding hydrogens is 271 g/mol. The summed E-state index contributed by atoms with van der Waals surface area (Å²) in [6.07, 6.45) is 1.61. The zero-order valence-corrected chi connectivity index (χ0v) is 12.1. The molecule has 0 saturated carbocycles. The van der Waals surface area contributed by atoms with E-state index in [0.29, 0.717) is 6.61 Å². The molecule has 1 aromatic carbocycles. The van der Waals surface area contributed by atoms with E-state index in [0.717, 1.165) is 51.1 Å². The van der Waals surface area contributed by atoms with Gasteiger partial charge in [-0.05, 0) is 30.5 Å². The van der Waals surface area contributed by atoms with Crippen LogP contribution in [0.3, 0.4) is 0 Å². The first-order valence-electron chi connectivity index (χ1n) is 7.59. The van der Waals surface area contributed by atoms with Crippen molar-refractivity contribution < 1.29 is 13.9 Å². The number of rotatable bonds is 3. The van der Waals surface area contributed by atoms with Gasteiger partial charge >= 0.3 is 0 Å². The van der Waals surface area contributed by atoms with Crippen molar-refractivity contribution in [1.82, 2.24) is 9.80 Å². The Labute approximate surface area is 124 Å². The number of carbonyl (C=O) groups is 1. The van der Waals surface area contributed by atoms with Gasteiger partial charge in [0, 0.05) is 39.3 Å². The molecule has 4 nitrogen and oxygen atoms in total. The minimum atomic E-state index is -0.222. The topological polar surface area (TPSA) is 32.8 Å². The van der Waals surface area contributed by atoms with E-state index >= 15 is 0 Å². The molecule has 1 aromatic rings. The Morgan fingerprint density at radius 1 is 1.29 bits per heavy atom. The van der Waals surface area contributed by atoms with Crippen LogP contribution in [-0.4, -0.2) is 54.6 Å². The number of nitrogens with zero attached hydrogens (tertiary/aromatic N) is 2. The highest BCUT2D eigenvalue weighted by Crippen LogP contribution is 2.16. The first-order valence-corrected chi connectivity index (χ1v) is 7.59. The Morgan fingerprint density at radius 2 is 2.10 bits per heavy atom. The number of hydrogen-bond acceptors (Lipinski definition) is 3. The average molecular weight is 292 g/mol. The molecule has 0 spiro atoms. The summed E-state index contributed by atoms with van der Waals surface area (Å²) in [7, 11) is 0. The van der Waals surface area contributed by atoms with Gasteiger partial charge in [0.2, 0.25) is 0 Å². The fraction of sp³-hybridized carbons (Fsp3) is 0.562. The molecule has 3 rings (SSSR count). The largest absolute Gasteiger partial charge is 0.368 e. The second kappa shape index (κ2) is 6.54. The van der Waals surface area contributed by atoms with Gasteiger partial charge in [0.1, 0.15) is 11.9 Å². The fourth-order valence-corrected chi connectivity index (χ4v) is 3.00. The summed E-state index contributed by atoms with van der Waals surface area (Å²) in [6, 6.07) is 6.71. The third kappa shape index (κ3) is 3.60. The number of halogens is 1. The molecule has 21 heavy (non-hydrogen) atoms. The van der Waals surface area contributed by atoms with Crippen LogP contribution in [0.15, 0.2) is 24.3 Å². The maximum Gasteiger partial charge on any atom is 0.251 e. The smallest absolute Gasteiger partial charge is 0.251 e. The Hall–Kier alpha value is -1.46. The lowest BCUT2D eigenvalue weighted by molar-refractivity contribution is -0.142. The Kier molecular flexibility index (Phi) is 4.51. The van der Waals surface area contributed by atoms with Crippen molar-refractivity contribution >= 4 is 5.91 Å². The summed E-state index contributed by atoms with van der Waals surface area (Å²) in [6.45, 7) is 4.56. The van der Waals surface area contributed by atoms with Crippen LogP contribution in [0.4, 0.5) is 4.39 Å². The predicted molar refractivity (Wildman–Crippen MR) is 77.2 cm³/mol. The van der Waals surface area contributed by atoms with Gasteiger partial charge in [-0.3, -0.25) is 9.69 Å². The molecule has 0 N–H and O–H groups in total. The minimum Gasteiger partial charge on any atom is -0.368 e. The second-order valence-electron chi connectivity index (χ2n) is 5.73. The Balaban J connectivity index is 1.49. The molecule has 114 valence electrons. The molecule has 2 heterocycles. The number of carbonyl (C=O) groups excluding carboxylic acids is 1. The molecule has 2 fully saturated rings. The van der Waals surface area contributed by atoms with E-state index in [1.54, 1.807) is 12.1 Å². The van der Waals surface area contributed by atoms with Crippen LogP contribution < -0.4 is 0 Å². The molecule has 0 aliphatic carbocycles. The van der Waals surface area contributed by atoms with Crippen LogP contribution in [0.25, 0.3) is 0 Å². The SMILES string of the molecule is O=C(C1CCCO1)N1CCN(Cc2cccc(F)c2)CC1. The van der Waals surface area contributed by atoms with Gasteiger partial charge in [-0.1, -0.05) is 12.1 Å². The lowest BCUT2D eigenvalue weighted by Crippen LogP contribution is -2.51. The molecule has 2 aliphatic rings. The van der Waals surface area contributed by atoms with E-state index in [9.17, 15) is 9.18 Å². The molecule has 5 heteroatoms. The zero-order valence-electron chi connectivity index (χ0n) is 12.1. The van der Waals surface area contributed by atoms with E-state index in [1.165, 1.54) is 6.07 Å². The van der Waals surface area contributed by atoms with E-state index in [2.05, 4.69) is 4.90 Å². The van der Waals surface area contributed by atoms with Crippen LogP contribution in [0.2, 0.25) is 0 Å². The lowest BCUT2D eigenvalue weighted by atomic mass is 10.1. The zero-order chi connectivity index (χ0) is 14.7. The van der Waals surface area contributed by atoms with Crippen LogP contribution in [-0.2, 0) is 16.1 Å². The molecular formula is C16H21FN2O2. The van der Waals surface area contributed by atoms with Crippen molar-refractivity contribution in [1.29, 1.82) is 0 Å². The van der Waals surface area contributed by atoms with Gasteiger partial charge in [-0.25, -0.2) is 4.39 Å². The number of ether oxygens (including phenoxy) is 1. The van der Waals surface area contributed by atoms with Crippen LogP contribution in [0.1, 0.15) is 18.4 Å². The minimum absolute atomic E-state index is 0.137. The van der Waals surface area contributed by atoms with Crippen molar-refractivity contribution in [3.63, 3.8) is 0 Å². The van der Waals surface area contributed by atoms with E-state index in [1.807, 2.05) is 11.0 Å². The Morgan fingerprint density at radius 3 is 2.76 bits per heavy atom. The summed E-state index contributed by atoms with van der Waals surface area (Å²) in [5.41, 5.74) is 0.980. The van der Waals surface area contributed by atoms with Gasteiger partial charge < -0.3 is 9.64 Å². The Bertz CT molecular complexity index is 495. The summed E-state index contributed by atoms with van der Waals surface area (Å²) in [5, 5.41) is 0. The number of hydrogen-bond donors (Lipinski definition) is 0. The van der Waals surface area contributed by atoms with Gasteiger partial charge in [0.15, 0.2) is 0 Å². The monoisotopic (exact) mass is 292 g/mol. The van der Waals surface area contributed by atoms with Crippen LogP contribution in [0, 0.1) is 5.82 Å². The van der Waals surface area contributed by atoms with Crippen molar-refractivity contribution in [2.45, 2.75) is 25.5 Å². The lowest BCUT2D eigenvalue weighted by Gasteiger charge is -2.35. The number of piperazine rings is 1. The second-order valence-corrected chi connectivity index (χ2v) is 5.73. The molecule has 2 saturated heterocycles. The van der Waals surface area contributed by atoms with Gasteiger partial charge in [-0.15, -0.1) is 0 Å². The van der Waals surface area contributed by atoms with Crippen molar-refractivity contribution in [2.75, 3.05) is 32.8 Å². The first kappa shape index (κ1) is 14.5.